The second kappa shape index (κ2) is 7.70. The fourth-order valence-electron chi connectivity index (χ4n) is 3.67. The minimum Gasteiger partial charge on any atom is -0.468 e. The predicted molar refractivity (Wildman–Crippen MR) is 102 cm³/mol. The first-order valence-electron chi connectivity index (χ1n) is 9.03. The highest BCUT2D eigenvalue weighted by molar-refractivity contribution is 7.99. The number of aryl methyl sites for hydroxylation is 2. The molecule has 8 heteroatoms. The molecule has 26 heavy (non-hydrogen) atoms. The number of thiophene rings is 1. The quantitative estimate of drug-likeness (QED) is 0.441. The Labute approximate surface area is 159 Å². The van der Waals surface area contributed by atoms with Crippen molar-refractivity contribution >= 4 is 39.3 Å². The molecular formula is C18H22N2O4S2. The van der Waals surface area contributed by atoms with Gasteiger partial charge in [0.1, 0.15) is 4.83 Å². The SMILES string of the molecule is COC(=O)CSc1nc2sc3c(c2c(=O)n1C[C@@H]1CCCO1)CCCC3. The van der Waals surface area contributed by atoms with E-state index in [1.165, 1.54) is 35.7 Å². The molecule has 0 saturated carbocycles. The van der Waals surface area contributed by atoms with Crippen LogP contribution in [0.25, 0.3) is 10.2 Å². The van der Waals surface area contributed by atoms with E-state index in [9.17, 15) is 9.59 Å². The van der Waals surface area contributed by atoms with Gasteiger partial charge >= 0.3 is 5.97 Å². The van der Waals surface area contributed by atoms with Crippen molar-refractivity contribution in [3.63, 3.8) is 0 Å². The molecule has 6 nitrogen and oxygen atoms in total. The number of thioether (sulfide) groups is 1. The molecule has 2 aromatic heterocycles. The number of carbonyl (C=O) groups is 1. The van der Waals surface area contributed by atoms with Gasteiger partial charge in [0, 0.05) is 11.5 Å². The molecular weight excluding hydrogens is 372 g/mol. The van der Waals surface area contributed by atoms with Crippen molar-refractivity contribution in [1.82, 2.24) is 9.55 Å². The number of hydrogen-bond acceptors (Lipinski definition) is 7. The smallest absolute Gasteiger partial charge is 0.316 e. The van der Waals surface area contributed by atoms with Crippen LogP contribution in [0.3, 0.4) is 0 Å². The van der Waals surface area contributed by atoms with Crippen LogP contribution >= 0.6 is 23.1 Å². The molecule has 1 aliphatic carbocycles. The average molecular weight is 395 g/mol. The zero-order chi connectivity index (χ0) is 18.1. The zero-order valence-corrected chi connectivity index (χ0v) is 16.4. The van der Waals surface area contributed by atoms with E-state index in [-0.39, 0.29) is 23.4 Å². The molecule has 1 aliphatic heterocycles. The highest BCUT2D eigenvalue weighted by Gasteiger charge is 2.25. The summed E-state index contributed by atoms with van der Waals surface area (Å²) in [7, 11) is 1.37. The van der Waals surface area contributed by atoms with E-state index in [0.717, 1.165) is 48.9 Å². The van der Waals surface area contributed by atoms with Gasteiger partial charge in [-0.3, -0.25) is 14.2 Å². The van der Waals surface area contributed by atoms with Gasteiger partial charge in [-0.1, -0.05) is 11.8 Å². The van der Waals surface area contributed by atoms with Crippen molar-refractivity contribution in [3.05, 3.63) is 20.8 Å². The van der Waals surface area contributed by atoms with Crippen molar-refractivity contribution in [2.24, 2.45) is 0 Å². The van der Waals surface area contributed by atoms with E-state index >= 15 is 0 Å². The molecule has 0 bridgehead atoms. The van der Waals surface area contributed by atoms with Gasteiger partial charge < -0.3 is 9.47 Å². The van der Waals surface area contributed by atoms with Gasteiger partial charge in [-0.15, -0.1) is 11.3 Å². The highest BCUT2D eigenvalue weighted by Crippen LogP contribution is 2.35. The lowest BCUT2D eigenvalue weighted by molar-refractivity contribution is -0.137. The first kappa shape index (κ1) is 18.0. The van der Waals surface area contributed by atoms with Crippen LogP contribution in [-0.2, 0) is 33.7 Å². The van der Waals surface area contributed by atoms with E-state index in [2.05, 4.69) is 0 Å². The summed E-state index contributed by atoms with van der Waals surface area (Å²) in [5.74, 6) is -0.177. The summed E-state index contributed by atoms with van der Waals surface area (Å²) in [5.41, 5.74) is 1.21. The molecule has 3 heterocycles. The third kappa shape index (κ3) is 3.42. The lowest BCUT2D eigenvalue weighted by atomic mass is 9.97. The number of ether oxygens (including phenoxy) is 2. The fraction of sp³-hybridized carbons (Fsp3) is 0.611. The van der Waals surface area contributed by atoms with Crippen molar-refractivity contribution in [2.75, 3.05) is 19.5 Å². The summed E-state index contributed by atoms with van der Waals surface area (Å²) in [4.78, 5) is 31.8. The normalized spacial score (nSPS) is 19.7. The Hall–Kier alpha value is -1.38. The second-order valence-corrected chi connectivity index (χ2v) is 8.73. The summed E-state index contributed by atoms with van der Waals surface area (Å²) in [5, 5.41) is 1.37. The molecule has 0 amide bonds. The molecule has 2 aromatic rings. The largest absolute Gasteiger partial charge is 0.468 e. The molecule has 4 rings (SSSR count). The fourth-order valence-corrected chi connectivity index (χ4v) is 5.81. The number of carbonyl (C=O) groups excluding carboxylic acids is 1. The first-order valence-corrected chi connectivity index (χ1v) is 10.8. The Kier molecular flexibility index (Phi) is 5.33. The van der Waals surface area contributed by atoms with Crippen molar-refractivity contribution in [1.29, 1.82) is 0 Å². The number of methoxy groups -OCH3 is 1. The first-order chi connectivity index (χ1) is 12.7. The molecule has 0 N–H and O–H groups in total. The van der Waals surface area contributed by atoms with Crippen LogP contribution in [0, 0.1) is 0 Å². The third-order valence-electron chi connectivity index (χ3n) is 5.00. The Morgan fingerprint density at radius 2 is 2.23 bits per heavy atom. The third-order valence-corrected chi connectivity index (χ3v) is 7.13. The van der Waals surface area contributed by atoms with E-state index in [1.807, 2.05) is 0 Å². The van der Waals surface area contributed by atoms with E-state index in [4.69, 9.17) is 14.5 Å². The van der Waals surface area contributed by atoms with Crippen molar-refractivity contribution < 1.29 is 14.3 Å². The number of aromatic nitrogens is 2. The number of esters is 1. The summed E-state index contributed by atoms with van der Waals surface area (Å²) in [6, 6.07) is 0. The van der Waals surface area contributed by atoms with Crippen LogP contribution in [-0.4, -0.2) is 41.1 Å². The molecule has 0 radical (unpaired) electrons. The van der Waals surface area contributed by atoms with Gasteiger partial charge in [0.2, 0.25) is 0 Å². The van der Waals surface area contributed by atoms with E-state index < -0.39 is 0 Å². The number of fused-ring (bicyclic) bond motifs is 3. The minimum atomic E-state index is -0.321. The molecule has 1 atom stereocenters. The lowest BCUT2D eigenvalue weighted by Gasteiger charge is -2.16. The van der Waals surface area contributed by atoms with E-state index in [0.29, 0.717) is 11.7 Å². The molecule has 1 fully saturated rings. The summed E-state index contributed by atoms with van der Waals surface area (Å²) >= 11 is 2.90. The second-order valence-electron chi connectivity index (χ2n) is 6.70. The Morgan fingerprint density at radius 1 is 1.38 bits per heavy atom. The lowest BCUT2D eigenvalue weighted by Crippen LogP contribution is -2.29. The maximum atomic E-state index is 13.3. The highest BCUT2D eigenvalue weighted by atomic mass is 32.2. The van der Waals surface area contributed by atoms with Crippen molar-refractivity contribution in [3.8, 4) is 0 Å². The number of nitrogens with zero attached hydrogens (tertiary/aromatic N) is 2. The maximum Gasteiger partial charge on any atom is 0.316 e. The van der Waals surface area contributed by atoms with Crippen LogP contribution in [0.4, 0.5) is 0 Å². The number of rotatable bonds is 5. The average Bonchev–Trinajstić information content (AvgIpc) is 3.29. The van der Waals surface area contributed by atoms with Crippen LogP contribution < -0.4 is 5.56 Å². The zero-order valence-electron chi connectivity index (χ0n) is 14.8. The Balaban J connectivity index is 1.78. The maximum absolute atomic E-state index is 13.3. The molecule has 140 valence electrons. The van der Waals surface area contributed by atoms with Crippen LogP contribution in [0.5, 0.6) is 0 Å². The van der Waals surface area contributed by atoms with Gasteiger partial charge in [0.25, 0.3) is 5.56 Å². The van der Waals surface area contributed by atoms with Gasteiger partial charge in [-0.25, -0.2) is 4.98 Å². The molecule has 0 unspecified atom stereocenters. The minimum absolute atomic E-state index is 0.0114. The number of hydrogen-bond donors (Lipinski definition) is 0. The molecule has 1 saturated heterocycles. The Bertz CT molecular complexity index is 883. The summed E-state index contributed by atoms with van der Waals surface area (Å²) in [6.45, 7) is 1.24. The van der Waals surface area contributed by atoms with Gasteiger partial charge in [0.15, 0.2) is 5.16 Å². The standard InChI is InChI=1S/C18H22N2O4S2/c1-23-14(21)10-25-18-19-16-15(12-6-2-3-7-13(12)26-16)17(22)20(18)9-11-5-4-8-24-11/h11H,2-10H2,1H3/t11-/m0/s1. The summed E-state index contributed by atoms with van der Waals surface area (Å²) in [6.07, 6.45) is 6.31. The molecule has 0 aromatic carbocycles. The van der Waals surface area contributed by atoms with Crippen molar-refractivity contribution in [2.45, 2.75) is 56.3 Å². The molecule has 0 spiro atoms. The predicted octanol–water partition coefficient (Wildman–Crippen LogP) is 2.78. The van der Waals surface area contributed by atoms with Crippen LogP contribution in [0.1, 0.15) is 36.1 Å². The van der Waals surface area contributed by atoms with Gasteiger partial charge in [-0.2, -0.15) is 0 Å². The van der Waals surface area contributed by atoms with Gasteiger partial charge in [0.05, 0.1) is 30.9 Å². The van der Waals surface area contributed by atoms with Gasteiger partial charge in [-0.05, 0) is 44.1 Å². The molecule has 2 aliphatic rings. The topological polar surface area (TPSA) is 70.4 Å². The Morgan fingerprint density at radius 3 is 3.00 bits per heavy atom. The monoisotopic (exact) mass is 394 g/mol. The summed E-state index contributed by atoms with van der Waals surface area (Å²) < 4.78 is 12.2. The van der Waals surface area contributed by atoms with Crippen LogP contribution in [0.15, 0.2) is 9.95 Å². The van der Waals surface area contributed by atoms with E-state index in [1.54, 1.807) is 15.9 Å². The van der Waals surface area contributed by atoms with Crippen LogP contribution in [0.2, 0.25) is 0 Å².